The zero-order chi connectivity index (χ0) is 14.5. The normalized spacial score (nSPS) is 12.1. The van der Waals surface area contributed by atoms with Crippen molar-refractivity contribution in [3.05, 3.63) is 11.1 Å². The van der Waals surface area contributed by atoms with E-state index in [9.17, 15) is 8.42 Å². The molecule has 104 valence electrons. The molecule has 11 heteroatoms. The van der Waals surface area contributed by atoms with E-state index in [1.165, 1.54) is 15.9 Å². The van der Waals surface area contributed by atoms with Crippen LogP contribution in [-0.2, 0) is 9.84 Å². The highest BCUT2D eigenvalue weighted by atomic mass is 32.2. The summed E-state index contributed by atoms with van der Waals surface area (Å²) in [5.74, 6) is 0.304. The standard InChI is InChI=1S/C9H9N7O2S2/c1-4-3-19-6(11-4)5-12-8-14-9(20(2,17)18)13-7(10)16(8)15-5/h3H,1-2H3,(H2,10,12,13,14,15). The third kappa shape index (κ3) is 2.10. The largest absolute Gasteiger partial charge is 0.368 e. The predicted molar refractivity (Wildman–Crippen MR) is 71.9 cm³/mol. The zero-order valence-corrected chi connectivity index (χ0v) is 12.1. The number of sulfone groups is 1. The van der Waals surface area contributed by atoms with Gasteiger partial charge in [-0.05, 0) is 6.92 Å². The minimum Gasteiger partial charge on any atom is -0.368 e. The van der Waals surface area contributed by atoms with Crippen LogP contribution < -0.4 is 5.73 Å². The lowest BCUT2D eigenvalue weighted by Gasteiger charge is -1.99. The number of rotatable bonds is 2. The molecule has 9 nitrogen and oxygen atoms in total. The Morgan fingerprint density at radius 3 is 2.60 bits per heavy atom. The second-order valence-corrected chi connectivity index (χ2v) is 6.85. The zero-order valence-electron chi connectivity index (χ0n) is 10.5. The average Bonchev–Trinajstić information content (AvgIpc) is 2.93. The van der Waals surface area contributed by atoms with Gasteiger partial charge in [-0.25, -0.2) is 13.4 Å². The minimum absolute atomic E-state index is 0.0702. The van der Waals surface area contributed by atoms with Gasteiger partial charge in [0.1, 0.15) is 0 Å². The molecule has 0 spiro atoms. The molecule has 3 aromatic rings. The molecule has 0 saturated heterocycles. The van der Waals surface area contributed by atoms with E-state index in [0.29, 0.717) is 10.8 Å². The van der Waals surface area contributed by atoms with Crippen LogP contribution >= 0.6 is 11.3 Å². The average molecular weight is 311 g/mol. The van der Waals surface area contributed by atoms with E-state index in [1.807, 2.05) is 12.3 Å². The number of aromatic nitrogens is 6. The Bertz CT molecular complexity index is 912. The SMILES string of the molecule is Cc1csc(-c2nc3nc(S(C)(=O)=O)nc(N)n3n2)n1. The Morgan fingerprint density at radius 1 is 1.25 bits per heavy atom. The summed E-state index contributed by atoms with van der Waals surface area (Å²) >= 11 is 1.38. The van der Waals surface area contributed by atoms with Crippen molar-refractivity contribution in [3.63, 3.8) is 0 Å². The fourth-order valence-electron chi connectivity index (χ4n) is 1.50. The number of thiazole rings is 1. The third-order valence-corrected chi connectivity index (χ3v) is 4.16. The van der Waals surface area contributed by atoms with E-state index < -0.39 is 9.84 Å². The van der Waals surface area contributed by atoms with Crippen LogP contribution in [0.5, 0.6) is 0 Å². The van der Waals surface area contributed by atoms with Gasteiger partial charge >= 0.3 is 0 Å². The smallest absolute Gasteiger partial charge is 0.258 e. The highest BCUT2D eigenvalue weighted by Crippen LogP contribution is 2.21. The molecule has 20 heavy (non-hydrogen) atoms. The summed E-state index contributed by atoms with van der Waals surface area (Å²) in [7, 11) is -3.56. The van der Waals surface area contributed by atoms with Crippen LogP contribution in [0.4, 0.5) is 5.95 Å². The number of nitrogen functional groups attached to an aromatic ring is 1. The molecule has 0 unspecified atom stereocenters. The molecule has 3 aromatic heterocycles. The van der Waals surface area contributed by atoms with Crippen LogP contribution in [0.3, 0.4) is 0 Å². The van der Waals surface area contributed by atoms with Gasteiger partial charge in [-0.1, -0.05) is 0 Å². The number of aryl methyl sites for hydroxylation is 1. The summed E-state index contributed by atoms with van der Waals surface area (Å²) in [5, 5.41) is 6.21. The Kier molecular flexibility index (Phi) is 2.69. The van der Waals surface area contributed by atoms with E-state index in [1.54, 1.807) is 0 Å². The minimum atomic E-state index is -3.56. The first-order chi connectivity index (χ1) is 9.34. The van der Waals surface area contributed by atoms with Gasteiger partial charge < -0.3 is 5.73 Å². The van der Waals surface area contributed by atoms with Gasteiger partial charge in [-0.15, -0.1) is 16.4 Å². The van der Waals surface area contributed by atoms with Crippen molar-refractivity contribution in [1.29, 1.82) is 0 Å². The highest BCUT2D eigenvalue weighted by Gasteiger charge is 2.18. The summed E-state index contributed by atoms with van der Waals surface area (Å²) < 4.78 is 24.1. The van der Waals surface area contributed by atoms with Crippen molar-refractivity contribution in [2.75, 3.05) is 12.0 Å². The molecule has 0 aliphatic carbocycles. The van der Waals surface area contributed by atoms with E-state index in [-0.39, 0.29) is 16.9 Å². The molecule has 0 aliphatic heterocycles. The lowest BCUT2D eigenvalue weighted by atomic mass is 10.6. The van der Waals surface area contributed by atoms with Gasteiger partial charge in [0.05, 0.1) is 0 Å². The molecular formula is C9H9N7O2S2. The predicted octanol–water partition coefficient (Wildman–Crippen LogP) is -0.0631. The van der Waals surface area contributed by atoms with Crippen LogP contribution in [0.25, 0.3) is 16.6 Å². The number of nitrogens with two attached hydrogens (primary N) is 1. The van der Waals surface area contributed by atoms with Gasteiger partial charge in [-0.2, -0.15) is 19.5 Å². The molecule has 0 saturated carbocycles. The first kappa shape index (κ1) is 12.9. The van der Waals surface area contributed by atoms with Crippen LogP contribution in [0, 0.1) is 6.92 Å². The van der Waals surface area contributed by atoms with E-state index >= 15 is 0 Å². The number of hydrogen-bond donors (Lipinski definition) is 1. The second-order valence-electron chi connectivity index (χ2n) is 4.08. The fourth-order valence-corrected chi connectivity index (χ4v) is 2.73. The molecule has 0 aromatic carbocycles. The monoisotopic (exact) mass is 311 g/mol. The molecule has 0 fully saturated rings. The number of hydrogen-bond acceptors (Lipinski definition) is 9. The topological polar surface area (TPSA) is 129 Å². The van der Waals surface area contributed by atoms with E-state index in [2.05, 4.69) is 25.0 Å². The Balaban J connectivity index is 2.23. The van der Waals surface area contributed by atoms with Crippen molar-refractivity contribution in [2.45, 2.75) is 12.1 Å². The fraction of sp³-hybridized carbons (Fsp3) is 0.222. The summed E-state index contributed by atoms with van der Waals surface area (Å²) in [4.78, 5) is 15.9. The molecule has 0 aliphatic rings. The summed E-state index contributed by atoms with van der Waals surface area (Å²) in [6, 6.07) is 0. The van der Waals surface area contributed by atoms with Crippen LogP contribution in [0.15, 0.2) is 10.5 Å². The first-order valence-electron chi connectivity index (χ1n) is 5.37. The Morgan fingerprint density at radius 2 is 2.00 bits per heavy atom. The number of anilines is 1. The molecular weight excluding hydrogens is 302 g/mol. The van der Waals surface area contributed by atoms with Crippen molar-refractivity contribution >= 4 is 32.9 Å². The van der Waals surface area contributed by atoms with Gasteiger partial charge in [0.15, 0.2) is 5.01 Å². The van der Waals surface area contributed by atoms with Gasteiger partial charge in [-0.3, -0.25) is 0 Å². The van der Waals surface area contributed by atoms with E-state index in [0.717, 1.165) is 11.9 Å². The quantitative estimate of drug-likeness (QED) is 0.696. The number of nitrogens with zero attached hydrogens (tertiary/aromatic N) is 6. The molecule has 0 atom stereocenters. The van der Waals surface area contributed by atoms with Gasteiger partial charge in [0.2, 0.25) is 21.6 Å². The summed E-state index contributed by atoms with van der Waals surface area (Å²) in [5.41, 5.74) is 6.53. The summed E-state index contributed by atoms with van der Waals surface area (Å²) in [6.07, 6.45) is 1.000. The molecule has 2 N–H and O–H groups in total. The molecule has 3 rings (SSSR count). The van der Waals surface area contributed by atoms with Crippen LogP contribution in [-0.4, -0.2) is 44.2 Å². The summed E-state index contributed by atoms with van der Waals surface area (Å²) in [6.45, 7) is 1.85. The molecule has 0 radical (unpaired) electrons. The van der Waals surface area contributed by atoms with Gasteiger partial charge in [0.25, 0.3) is 10.9 Å². The molecule has 0 bridgehead atoms. The Hall–Kier alpha value is -2.14. The maximum atomic E-state index is 11.5. The van der Waals surface area contributed by atoms with Crippen molar-refractivity contribution in [1.82, 2.24) is 29.5 Å². The van der Waals surface area contributed by atoms with Crippen molar-refractivity contribution in [3.8, 4) is 10.8 Å². The van der Waals surface area contributed by atoms with Crippen LogP contribution in [0.1, 0.15) is 5.69 Å². The maximum Gasteiger partial charge on any atom is 0.258 e. The second kappa shape index (κ2) is 4.18. The maximum absolute atomic E-state index is 11.5. The lowest BCUT2D eigenvalue weighted by Crippen LogP contribution is -2.11. The van der Waals surface area contributed by atoms with E-state index in [4.69, 9.17) is 5.73 Å². The third-order valence-electron chi connectivity index (χ3n) is 2.35. The van der Waals surface area contributed by atoms with Crippen molar-refractivity contribution < 1.29 is 8.42 Å². The number of fused-ring (bicyclic) bond motifs is 1. The lowest BCUT2D eigenvalue weighted by molar-refractivity contribution is 0.592. The first-order valence-corrected chi connectivity index (χ1v) is 8.14. The highest BCUT2D eigenvalue weighted by molar-refractivity contribution is 7.90. The Labute approximate surface area is 117 Å². The van der Waals surface area contributed by atoms with Crippen LogP contribution in [0.2, 0.25) is 0 Å². The molecule has 0 amide bonds. The molecule has 3 heterocycles. The van der Waals surface area contributed by atoms with Gasteiger partial charge in [0, 0.05) is 17.3 Å². The van der Waals surface area contributed by atoms with Crippen molar-refractivity contribution in [2.24, 2.45) is 0 Å².